The minimum atomic E-state index is 0.616. The summed E-state index contributed by atoms with van der Waals surface area (Å²) in [6.07, 6.45) is 6.12. The van der Waals surface area contributed by atoms with Gasteiger partial charge in [-0.1, -0.05) is 18.2 Å². The fraction of sp³-hybridized carbons (Fsp3) is 0.353. The highest BCUT2D eigenvalue weighted by atomic mass is 15.1. The molecule has 3 heteroatoms. The van der Waals surface area contributed by atoms with Crippen molar-refractivity contribution in [1.29, 1.82) is 0 Å². The molecule has 2 aromatic rings. The zero-order valence-corrected chi connectivity index (χ0v) is 11.7. The first-order valence-electron chi connectivity index (χ1n) is 7.28. The molecule has 1 aliphatic rings. The third kappa shape index (κ3) is 2.99. The molecule has 1 fully saturated rings. The van der Waals surface area contributed by atoms with Gasteiger partial charge in [0.05, 0.1) is 0 Å². The van der Waals surface area contributed by atoms with Crippen molar-refractivity contribution in [2.24, 2.45) is 0 Å². The fourth-order valence-corrected chi connectivity index (χ4v) is 3.03. The first kappa shape index (κ1) is 13.1. The van der Waals surface area contributed by atoms with Gasteiger partial charge in [0.1, 0.15) is 0 Å². The van der Waals surface area contributed by atoms with Crippen molar-refractivity contribution < 1.29 is 0 Å². The predicted molar refractivity (Wildman–Crippen MR) is 82.3 cm³/mol. The number of anilines is 1. The van der Waals surface area contributed by atoms with Crippen molar-refractivity contribution in [3.8, 4) is 0 Å². The number of para-hydroxylation sites is 1. The third-order valence-corrected chi connectivity index (χ3v) is 4.18. The lowest BCUT2D eigenvalue weighted by Gasteiger charge is -2.32. The van der Waals surface area contributed by atoms with Crippen LogP contribution in [0.3, 0.4) is 0 Å². The average molecular weight is 267 g/mol. The lowest BCUT2D eigenvalue weighted by atomic mass is 9.88. The Morgan fingerprint density at radius 3 is 2.45 bits per heavy atom. The van der Waals surface area contributed by atoms with E-state index in [1.54, 1.807) is 0 Å². The Morgan fingerprint density at radius 2 is 1.75 bits per heavy atom. The molecular formula is C17H21N3. The average Bonchev–Trinajstić information content (AvgIpc) is 2.50. The number of piperidine rings is 1. The van der Waals surface area contributed by atoms with Gasteiger partial charge in [-0.15, -0.1) is 0 Å². The van der Waals surface area contributed by atoms with Gasteiger partial charge in [0, 0.05) is 24.6 Å². The van der Waals surface area contributed by atoms with Crippen molar-refractivity contribution in [2.75, 3.05) is 18.8 Å². The summed E-state index contributed by atoms with van der Waals surface area (Å²) >= 11 is 0. The fourth-order valence-electron chi connectivity index (χ4n) is 3.03. The van der Waals surface area contributed by atoms with E-state index in [9.17, 15) is 0 Å². The molecule has 1 aromatic carbocycles. The molecule has 0 amide bonds. The highest BCUT2D eigenvalue weighted by molar-refractivity contribution is 5.48. The standard InChI is InChI=1S/C17H21N3/c18-17-4-2-1-3-16(17)15-7-11-20(12-8-15)13-14-5-9-19-10-6-14/h1-6,9-10,15H,7-8,11-13,18H2. The van der Waals surface area contributed by atoms with Crippen LogP contribution in [0.25, 0.3) is 0 Å². The Labute approximate surface area is 120 Å². The van der Waals surface area contributed by atoms with Crippen molar-refractivity contribution in [3.63, 3.8) is 0 Å². The minimum Gasteiger partial charge on any atom is -0.398 e. The van der Waals surface area contributed by atoms with Crippen LogP contribution in [-0.2, 0) is 6.54 Å². The van der Waals surface area contributed by atoms with Crippen molar-refractivity contribution in [2.45, 2.75) is 25.3 Å². The molecule has 0 spiro atoms. The van der Waals surface area contributed by atoms with Gasteiger partial charge in [-0.3, -0.25) is 9.88 Å². The van der Waals surface area contributed by atoms with Crippen LogP contribution < -0.4 is 5.73 Å². The topological polar surface area (TPSA) is 42.1 Å². The van der Waals surface area contributed by atoms with Crippen LogP contribution in [0.5, 0.6) is 0 Å². The number of benzene rings is 1. The van der Waals surface area contributed by atoms with E-state index in [4.69, 9.17) is 5.73 Å². The van der Waals surface area contributed by atoms with E-state index in [1.807, 2.05) is 24.5 Å². The zero-order chi connectivity index (χ0) is 13.8. The van der Waals surface area contributed by atoms with Gasteiger partial charge in [0.15, 0.2) is 0 Å². The Balaban J connectivity index is 1.59. The molecule has 1 saturated heterocycles. The molecule has 0 radical (unpaired) electrons. The summed E-state index contributed by atoms with van der Waals surface area (Å²) in [5.41, 5.74) is 9.71. The van der Waals surface area contributed by atoms with Gasteiger partial charge in [-0.2, -0.15) is 0 Å². The molecule has 20 heavy (non-hydrogen) atoms. The molecule has 2 heterocycles. The minimum absolute atomic E-state index is 0.616. The number of hydrogen-bond acceptors (Lipinski definition) is 3. The highest BCUT2D eigenvalue weighted by Crippen LogP contribution is 2.31. The second-order valence-electron chi connectivity index (χ2n) is 5.53. The largest absolute Gasteiger partial charge is 0.398 e. The lowest BCUT2D eigenvalue weighted by molar-refractivity contribution is 0.205. The summed E-state index contributed by atoms with van der Waals surface area (Å²) in [6.45, 7) is 3.31. The van der Waals surface area contributed by atoms with E-state index in [-0.39, 0.29) is 0 Å². The molecule has 3 rings (SSSR count). The van der Waals surface area contributed by atoms with Gasteiger partial charge >= 0.3 is 0 Å². The summed E-state index contributed by atoms with van der Waals surface area (Å²) in [5, 5.41) is 0. The Bertz CT molecular complexity index is 545. The van der Waals surface area contributed by atoms with Gasteiger partial charge in [-0.05, 0) is 61.2 Å². The monoisotopic (exact) mass is 267 g/mol. The number of aromatic nitrogens is 1. The van der Waals surface area contributed by atoms with Crippen molar-refractivity contribution in [3.05, 3.63) is 59.9 Å². The SMILES string of the molecule is Nc1ccccc1C1CCN(Cc2ccncc2)CC1. The lowest BCUT2D eigenvalue weighted by Crippen LogP contribution is -2.32. The van der Waals surface area contributed by atoms with Gasteiger partial charge in [0.2, 0.25) is 0 Å². The number of likely N-dealkylation sites (tertiary alicyclic amines) is 1. The smallest absolute Gasteiger partial charge is 0.0349 e. The van der Waals surface area contributed by atoms with Gasteiger partial charge in [-0.25, -0.2) is 0 Å². The summed E-state index contributed by atoms with van der Waals surface area (Å²) < 4.78 is 0. The summed E-state index contributed by atoms with van der Waals surface area (Å²) in [4.78, 5) is 6.59. The van der Waals surface area contributed by atoms with E-state index < -0.39 is 0 Å². The van der Waals surface area contributed by atoms with E-state index >= 15 is 0 Å². The molecule has 0 aliphatic carbocycles. The number of rotatable bonds is 3. The van der Waals surface area contributed by atoms with Crippen LogP contribution in [0, 0.1) is 0 Å². The Hall–Kier alpha value is -1.87. The molecule has 0 bridgehead atoms. The summed E-state index contributed by atoms with van der Waals surface area (Å²) in [5.74, 6) is 0.616. The first-order valence-corrected chi connectivity index (χ1v) is 7.28. The quantitative estimate of drug-likeness (QED) is 0.869. The molecule has 0 atom stereocenters. The summed E-state index contributed by atoms with van der Waals surface area (Å²) in [6, 6.07) is 12.5. The zero-order valence-electron chi connectivity index (χ0n) is 11.7. The maximum atomic E-state index is 6.09. The van der Waals surface area contributed by atoms with E-state index in [2.05, 4.69) is 34.1 Å². The third-order valence-electron chi connectivity index (χ3n) is 4.18. The molecule has 3 nitrogen and oxygen atoms in total. The van der Waals surface area contributed by atoms with Crippen molar-refractivity contribution >= 4 is 5.69 Å². The maximum Gasteiger partial charge on any atom is 0.0349 e. The second-order valence-corrected chi connectivity index (χ2v) is 5.53. The molecule has 0 unspecified atom stereocenters. The normalized spacial score (nSPS) is 17.2. The Morgan fingerprint density at radius 1 is 1.05 bits per heavy atom. The second kappa shape index (κ2) is 6.06. The molecule has 1 aliphatic heterocycles. The number of nitrogens with zero attached hydrogens (tertiary/aromatic N) is 2. The first-order chi connectivity index (χ1) is 9.83. The van der Waals surface area contributed by atoms with E-state index in [0.29, 0.717) is 5.92 Å². The molecule has 1 aromatic heterocycles. The predicted octanol–water partition coefficient (Wildman–Crippen LogP) is 3.04. The molecular weight excluding hydrogens is 246 g/mol. The van der Waals surface area contributed by atoms with E-state index in [0.717, 1.165) is 25.3 Å². The Kier molecular flexibility index (Phi) is 3.97. The number of nitrogen functional groups attached to an aromatic ring is 1. The van der Waals surface area contributed by atoms with Crippen LogP contribution in [0.2, 0.25) is 0 Å². The molecule has 104 valence electrons. The number of hydrogen-bond donors (Lipinski definition) is 1. The van der Waals surface area contributed by atoms with Crippen LogP contribution in [0.1, 0.15) is 29.9 Å². The van der Waals surface area contributed by atoms with Crippen LogP contribution >= 0.6 is 0 Å². The van der Waals surface area contributed by atoms with Crippen LogP contribution in [-0.4, -0.2) is 23.0 Å². The highest BCUT2D eigenvalue weighted by Gasteiger charge is 2.21. The van der Waals surface area contributed by atoms with Crippen LogP contribution in [0.4, 0.5) is 5.69 Å². The van der Waals surface area contributed by atoms with Crippen molar-refractivity contribution in [1.82, 2.24) is 9.88 Å². The molecule has 0 saturated carbocycles. The summed E-state index contributed by atoms with van der Waals surface area (Å²) in [7, 11) is 0. The van der Waals surface area contributed by atoms with Crippen LogP contribution in [0.15, 0.2) is 48.8 Å². The number of pyridine rings is 1. The molecule has 2 N–H and O–H groups in total. The van der Waals surface area contributed by atoms with E-state index in [1.165, 1.54) is 24.0 Å². The van der Waals surface area contributed by atoms with Gasteiger partial charge in [0.25, 0.3) is 0 Å². The maximum absolute atomic E-state index is 6.09. The number of nitrogens with two attached hydrogens (primary N) is 1. The van der Waals surface area contributed by atoms with Gasteiger partial charge < -0.3 is 5.73 Å².